The Morgan fingerprint density at radius 3 is 2.33 bits per heavy atom. The maximum atomic E-state index is 13.9. The van der Waals surface area contributed by atoms with Gasteiger partial charge in [0.15, 0.2) is 11.5 Å². The van der Waals surface area contributed by atoms with Crippen LogP contribution in [0.25, 0.3) is 0 Å². The number of aryl methyl sites for hydroxylation is 1. The van der Waals surface area contributed by atoms with E-state index in [0.717, 1.165) is 61.3 Å². The summed E-state index contributed by atoms with van der Waals surface area (Å²) >= 11 is 12.7. The fraction of sp³-hybridized carbons (Fsp3) is 0.379. The van der Waals surface area contributed by atoms with Crippen LogP contribution in [0.4, 0.5) is 5.69 Å². The second-order valence-corrected chi connectivity index (χ2v) is 11.4. The van der Waals surface area contributed by atoms with Gasteiger partial charge in [-0.2, -0.15) is 0 Å². The van der Waals surface area contributed by atoms with Crippen molar-refractivity contribution in [2.24, 2.45) is 5.41 Å². The smallest absolute Gasteiger partial charge is 0.258 e. The number of ether oxygens (including phenoxy) is 2. The van der Waals surface area contributed by atoms with E-state index in [9.17, 15) is 4.79 Å². The molecule has 0 atom stereocenters. The largest absolute Gasteiger partial charge is 0.454 e. The molecule has 3 aliphatic carbocycles. The lowest BCUT2D eigenvalue weighted by molar-refractivity contribution is 0.0441. The van der Waals surface area contributed by atoms with Gasteiger partial charge in [-0.15, -0.1) is 0 Å². The molecule has 5 nitrogen and oxygen atoms in total. The summed E-state index contributed by atoms with van der Waals surface area (Å²) < 4.78 is 11.2. The van der Waals surface area contributed by atoms with Gasteiger partial charge in [-0.3, -0.25) is 9.78 Å². The number of anilines is 1. The fourth-order valence-electron chi connectivity index (χ4n) is 6.33. The number of carbonyl (C=O) groups excluding carboxylic acids is 1. The van der Waals surface area contributed by atoms with Gasteiger partial charge in [0.2, 0.25) is 6.79 Å². The first-order valence-electron chi connectivity index (χ1n) is 12.5. The molecule has 1 aromatic heterocycles. The zero-order valence-electron chi connectivity index (χ0n) is 20.2. The van der Waals surface area contributed by atoms with Crippen molar-refractivity contribution >= 4 is 34.8 Å². The van der Waals surface area contributed by atoms with Crippen molar-refractivity contribution in [3.8, 4) is 11.5 Å². The lowest BCUT2D eigenvalue weighted by atomic mass is 9.51. The summed E-state index contributed by atoms with van der Waals surface area (Å²) in [6.45, 7) is 2.85. The third-order valence-electron chi connectivity index (χ3n) is 8.53. The van der Waals surface area contributed by atoms with Gasteiger partial charge >= 0.3 is 0 Å². The Hall–Kier alpha value is -2.76. The SMILES string of the molecule is Cc1cnccc1C(=O)N(CC12CCC(c3ccc4c(c3)OCO4)(CC1)CC2)c1cc(Cl)cc(Cl)c1. The number of halogens is 2. The van der Waals surface area contributed by atoms with E-state index >= 15 is 0 Å². The van der Waals surface area contributed by atoms with Crippen LogP contribution in [0.15, 0.2) is 54.9 Å². The van der Waals surface area contributed by atoms with E-state index in [0.29, 0.717) is 28.9 Å². The quantitative estimate of drug-likeness (QED) is 0.351. The standard InChI is InChI=1S/C29H28Cl2N2O3/c1-19-16-32-11-4-24(19)27(34)33(23-14-21(30)13-22(31)15-23)17-28-5-8-29(9-6-28,10-7-28)20-2-3-25-26(12-20)36-18-35-25/h2-4,11-16H,5-10,17-18H2,1H3. The van der Waals surface area contributed by atoms with Crippen LogP contribution in [-0.2, 0) is 5.41 Å². The molecule has 0 spiro atoms. The van der Waals surface area contributed by atoms with Gasteiger partial charge in [0, 0.05) is 40.2 Å². The lowest BCUT2D eigenvalue weighted by Gasteiger charge is -2.55. The molecule has 0 N–H and O–H groups in total. The van der Waals surface area contributed by atoms with Crippen molar-refractivity contribution in [3.63, 3.8) is 0 Å². The molecule has 7 heteroatoms. The maximum Gasteiger partial charge on any atom is 0.258 e. The molecule has 0 saturated heterocycles. The number of fused-ring (bicyclic) bond motifs is 4. The molecule has 36 heavy (non-hydrogen) atoms. The predicted octanol–water partition coefficient (Wildman–Crippen LogP) is 7.36. The average molecular weight is 523 g/mol. The van der Waals surface area contributed by atoms with Crippen LogP contribution in [-0.4, -0.2) is 24.2 Å². The van der Waals surface area contributed by atoms with E-state index in [2.05, 4.69) is 17.1 Å². The highest BCUT2D eigenvalue weighted by atomic mass is 35.5. The predicted molar refractivity (Wildman–Crippen MR) is 141 cm³/mol. The second kappa shape index (κ2) is 8.97. The number of hydrogen-bond donors (Lipinski definition) is 0. The lowest BCUT2D eigenvalue weighted by Crippen LogP contribution is -2.50. The topological polar surface area (TPSA) is 51.7 Å². The Labute approximate surface area is 221 Å². The summed E-state index contributed by atoms with van der Waals surface area (Å²) in [7, 11) is 0. The normalized spacial score (nSPS) is 24.1. The van der Waals surface area contributed by atoms with Crippen molar-refractivity contribution < 1.29 is 14.3 Å². The van der Waals surface area contributed by atoms with Crippen LogP contribution in [0.1, 0.15) is 60.0 Å². The molecule has 2 aromatic carbocycles. The van der Waals surface area contributed by atoms with E-state index in [1.165, 1.54) is 5.56 Å². The Balaban J connectivity index is 1.29. The van der Waals surface area contributed by atoms with E-state index in [4.69, 9.17) is 32.7 Å². The fourth-order valence-corrected chi connectivity index (χ4v) is 6.84. The Bertz CT molecular complexity index is 1300. The third-order valence-corrected chi connectivity index (χ3v) is 8.97. The van der Waals surface area contributed by atoms with Crippen LogP contribution in [0, 0.1) is 12.3 Å². The van der Waals surface area contributed by atoms with Crippen LogP contribution in [0.3, 0.4) is 0 Å². The van der Waals surface area contributed by atoms with Gasteiger partial charge in [0.05, 0.1) is 0 Å². The number of pyridine rings is 1. The second-order valence-electron chi connectivity index (χ2n) is 10.6. The highest BCUT2D eigenvalue weighted by Crippen LogP contribution is 2.59. The minimum atomic E-state index is -0.0409. The van der Waals surface area contributed by atoms with E-state index in [1.54, 1.807) is 24.5 Å². The Morgan fingerprint density at radius 1 is 0.944 bits per heavy atom. The monoisotopic (exact) mass is 522 g/mol. The van der Waals surface area contributed by atoms with Gasteiger partial charge in [-0.05, 0) is 104 Å². The molecular formula is C29H28Cl2N2O3. The van der Waals surface area contributed by atoms with Crippen molar-refractivity contribution in [2.45, 2.75) is 50.9 Å². The average Bonchev–Trinajstić information content (AvgIpc) is 3.36. The molecule has 7 rings (SSSR count). The van der Waals surface area contributed by atoms with Crippen LogP contribution >= 0.6 is 23.2 Å². The molecule has 3 aromatic rings. The van der Waals surface area contributed by atoms with Gasteiger partial charge in [-0.1, -0.05) is 29.3 Å². The molecule has 0 radical (unpaired) electrons. The minimum Gasteiger partial charge on any atom is -0.454 e. The molecule has 4 aliphatic rings. The molecule has 3 fully saturated rings. The van der Waals surface area contributed by atoms with Gasteiger partial charge in [-0.25, -0.2) is 0 Å². The van der Waals surface area contributed by atoms with Crippen molar-refractivity contribution in [3.05, 3.63) is 81.6 Å². The minimum absolute atomic E-state index is 0.0409. The zero-order chi connectivity index (χ0) is 24.9. The molecule has 2 bridgehead atoms. The molecule has 186 valence electrons. The summed E-state index contributed by atoms with van der Waals surface area (Å²) in [5.41, 5.74) is 3.82. The zero-order valence-corrected chi connectivity index (χ0v) is 21.7. The van der Waals surface area contributed by atoms with E-state index < -0.39 is 0 Å². The summed E-state index contributed by atoms with van der Waals surface area (Å²) in [4.78, 5) is 20.0. The number of amides is 1. The molecule has 2 heterocycles. The Kier molecular flexibility index (Phi) is 5.88. The van der Waals surface area contributed by atoms with E-state index in [1.807, 2.05) is 30.0 Å². The summed E-state index contributed by atoms with van der Waals surface area (Å²) in [6.07, 6.45) is 9.88. The number of benzene rings is 2. The van der Waals surface area contributed by atoms with Crippen molar-refractivity contribution in [1.29, 1.82) is 0 Å². The van der Waals surface area contributed by atoms with Crippen molar-refractivity contribution in [1.82, 2.24) is 4.98 Å². The number of hydrogen-bond acceptors (Lipinski definition) is 4. The Morgan fingerprint density at radius 2 is 1.64 bits per heavy atom. The first-order chi connectivity index (χ1) is 17.4. The van der Waals surface area contributed by atoms with Crippen molar-refractivity contribution in [2.75, 3.05) is 18.2 Å². The first-order valence-corrected chi connectivity index (χ1v) is 13.2. The highest BCUT2D eigenvalue weighted by molar-refractivity contribution is 6.35. The molecule has 1 amide bonds. The highest BCUT2D eigenvalue weighted by Gasteiger charge is 2.50. The summed E-state index contributed by atoms with van der Waals surface area (Å²) in [5, 5.41) is 1.04. The van der Waals surface area contributed by atoms with E-state index in [-0.39, 0.29) is 16.7 Å². The maximum absolute atomic E-state index is 13.9. The van der Waals surface area contributed by atoms with Gasteiger partial charge in [0.1, 0.15) is 0 Å². The number of carbonyl (C=O) groups is 1. The van der Waals surface area contributed by atoms with Crippen LogP contribution < -0.4 is 14.4 Å². The van der Waals surface area contributed by atoms with Gasteiger partial charge in [0.25, 0.3) is 5.91 Å². The van der Waals surface area contributed by atoms with Crippen LogP contribution in [0.2, 0.25) is 10.0 Å². The molecular weight excluding hydrogens is 495 g/mol. The van der Waals surface area contributed by atoms with Crippen LogP contribution in [0.5, 0.6) is 11.5 Å². The first kappa shape index (κ1) is 23.6. The number of rotatable bonds is 5. The molecule has 3 saturated carbocycles. The molecule has 0 unspecified atom stereocenters. The molecule has 1 aliphatic heterocycles. The summed E-state index contributed by atoms with van der Waals surface area (Å²) in [6, 6.07) is 13.6. The third kappa shape index (κ3) is 4.12. The number of aromatic nitrogens is 1. The number of nitrogens with zero attached hydrogens (tertiary/aromatic N) is 2. The summed E-state index contributed by atoms with van der Waals surface area (Å²) in [5.74, 6) is 1.64. The van der Waals surface area contributed by atoms with Gasteiger partial charge < -0.3 is 14.4 Å².